The van der Waals surface area contributed by atoms with Crippen molar-refractivity contribution in [2.24, 2.45) is 0 Å². The van der Waals surface area contributed by atoms with Gasteiger partial charge in [-0.3, -0.25) is 0 Å². The molecule has 0 aliphatic heterocycles. The van der Waals surface area contributed by atoms with E-state index in [1.807, 2.05) is 31.2 Å². The minimum atomic E-state index is 0. The first kappa shape index (κ1) is 17.9. The minimum Gasteiger partial charge on any atom is -0.399 e. The van der Waals surface area contributed by atoms with Crippen LogP contribution in [-0.4, -0.2) is 0 Å². The lowest BCUT2D eigenvalue weighted by Gasteiger charge is -1.93. The van der Waals surface area contributed by atoms with Gasteiger partial charge in [-0.25, -0.2) is 0 Å². The first-order chi connectivity index (χ1) is 5.22. The van der Waals surface area contributed by atoms with E-state index in [2.05, 4.69) is 13.8 Å². The molecule has 0 aromatic heterocycles. The van der Waals surface area contributed by atoms with Gasteiger partial charge in [0.1, 0.15) is 0 Å². The van der Waals surface area contributed by atoms with Crippen molar-refractivity contribution < 1.29 is 0 Å². The van der Waals surface area contributed by atoms with E-state index < -0.39 is 0 Å². The summed E-state index contributed by atoms with van der Waals surface area (Å²) in [4.78, 5) is 0. The maximum Gasteiger partial charge on any atom is 0.0343 e. The van der Waals surface area contributed by atoms with E-state index in [0.717, 1.165) is 11.3 Å². The summed E-state index contributed by atoms with van der Waals surface area (Å²) in [7, 11) is 0. The Morgan fingerprint density at radius 1 is 1.08 bits per heavy atom. The highest BCUT2D eigenvalue weighted by Crippen LogP contribution is 2.06. The minimum absolute atomic E-state index is 0. The van der Waals surface area contributed by atoms with E-state index in [1.54, 1.807) is 0 Å². The van der Waals surface area contributed by atoms with Crippen LogP contribution in [0.5, 0.6) is 0 Å². The summed E-state index contributed by atoms with van der Waals surface area (Å²) in [6.45, 7) is 6.25. The second kappa shape index (κ2) is 11.0. The van der Waals surface area contributed by atoms with Crippen LogP contribution in [0.2, 0.25) is 0 Å². The van der Waals surface area contributed by atoms with Crippen LogP contribution in [0.4, 0.5) is 5.69 Å². The van der Waals surface area contributed by atoms with Crippen LogP contribution in [0.1, 0.15) is 40.7 Å². The molecule has 0 atom stereocenters. The normalized spacial score (nSPS) is 7.00. The molecule has 0 aliphatic carbocycles. The molecule has 0 fully saturated rings. The summed E-state index contributed by atoms with van der Waals surface area (Å²) in [5, 5.41) is 0. The molecule has 13 heavy (non-hydrogen) atoms. The molecule has 0 saturated carbocycles. The number of hydrogen-bond acceptors (Lipinski definition) is 1. The van der Waals surface area contributed by atoms with E-state index in [4.69, 9.17) is 5.73 Å². The Morgan fingerprint density at radius 3 is 1.69 bits per heavy atom. The number of nitrogens with two attached hydrogens (primary N) is 1. The zero-order valence-electron chi connectivity index (χ0n) is 7.59. The molecular formula is C12H25N. The molecule has 0 unspecified atom stereocenters. The van der Waals surface area contributed by atoms with Crippen LogP contribution in [0.15, 0.2) is 24.3 Å². The predicted molar refractivity (Wildman–Crippen MR) is 65.0 cm³/mol. The van der Waals surface area contributed by atoms with Gasteiger partial charge in [-0.2, -0.15) is 0 Å². The lowest BCUT2D eigenvalue weighted by atomic mass is 10.2. The molecule has 0 bridgehead atoms. The van der Waals surface area contributed by atoms with Gasteiger partial charge in [0.25, 0.3) is 0 Å². The second-order valence-electron chi connectivity index (χ2n) is 2.56. The van der Waals surface area contributed by atoms with Crippen molar-refractivity contribution in [3.63, 3.8) is 0 Å². The van der Waals surface area contributed by atoms with Gasteiger partial charge in [-0.15, -0.1) is 0 Å². The van der Waals surface area contributed by atoms with Gasteiger partial charge in [0, 0.05) is 5.69 Å². The fourth-order valence-electron chi connectivity index (χ4n) is 0.587. The summed E-state index contributed by atoms with van der Waals surface area (Å²) in [6, 6.07) is 7.80. The number of hydrogen-bond donors (Lipinski definition) is 1. The smallest absolute Gasteiger partial charge is 0.0343 e. The van der Waals surface area contributed by atoms with Crippen LogP contribution >= 0.6 is 0 Å². The number of aryl methyl sites for hydroxylation is 1. The van der Waals surface area contributed by atoms with Gasteiger partial charge < -0.3 is 5.73 Å². The zero-order chi connectivity index (χ0) is 8.69. The van der Waals surface area contributed by atoms with Crippen molar-refractivity contribution >= 4 is 5.69 Å². The molecule has 0 heterocycles. The van der Waals surface area contributed by atoms with Crippen molar-refractivity contribution in [1.82, 2.24) is 0 Å². The van der Waals surface area contributed by atoms with Crippen LogP contribution in [0, 0.1) is 6.92 Å². The highest BCUT2D eigenvalue weighted by Gasteiger charge is 1.84. The summed E-state index contributed by atoms with van der Waals surface area (Å²) < 4.78 is 0. The number of nitrogen functional groups attached to an aromatic ring is 1. The first-order valence-electron chi connectivity index (χ1n) is 4.03. The molecule has 0 aliphatic rings. The largest absolute Gasteiger partial charge is 0.399 e. The standard InChI is InChI=1S/C7H9N.C3H8.2CH4/c1-6-4-2-3-5-7(6)8;1-3-2;;/h2-5H,8H2,1H3;3H2,1-2H3;2*1H4. The Kier molecular flexibility index (Phi) is 15.2. The van der Waals surface area contributed by atoms with E-state index in [1.165, 1.54) is 6.42 Å². The first-order valence-corrected chi connectivity index (χ1v) is 4.03. The molecule has 0 spiro atoms. The molecule has 1 aromatic carbocycles. The lowest BCUT2D eigenvalue weighted by molar-refractivity contribution is 1.09. The number of benzene rings is 1. The van der Waals surface area contributed by atoms with Gasteiger partial charge in [-0.1, -0.05) is 53.3 Å². The van der Waals surface area contributed by atoms with Gasteiger partial charge >= 0.3 is 0 Å². The topological polar surface area (TPSA) is 26.0 Å². The maximum atomic E-state index is 5.52. The van der Waals surface area contributed by atoms with E-state index in [9.17, 15) is 0 Å². The Bertz CT molecular complexity index is 173. The van der Waals surface area contributed by atoms with Crippen molar-refractivity contribution in [1.29, 1.82) is 0 Å². The molecule has 1 aromatic rings. The Hall–Kier alpha value is -0.980. The van der Waals surface area contributed by atoms with Crippen LogP contribution in [-0.2, 0) is 0 Å². The fraction of sp³-hybridized carbons (Fsp3) is 0.500. The van der Waals surface area contributed by atoms with Crippen molar-refractivity contribution in [3.05, 3.63) is 29.8 Å². The quantitative estimate of drug-likeness (QED) is 0.597. The third-order valence-corrected chi connectivity index (χ3v) is 1.19. The number of para-hydroxylation sites is 1. The summed E-state index contributed by atoms with van der Waals surface area (Å²) in [6.07, 6.45) is 1.25. The van der Waals surface area contributed by atoms with E-state index in [-0.39, 0.29) is 14.9 Å². The third kappa shape index (κ3) is 8.93. The van der Waals surface area contributed by atoms with Gasteiger partial charge in [-0.05, 0) is 18.6 Å². The monoisotopic (exact) mass is 183 g/mol. The summed E-state index contributed by atoms with van der Waals surface area (Å²) >= 11 is 0. The fourth-order valence-corrected chi connectivity index (χ4v) is 0.587. The second-order valence-corrected chi connectivity index (χ2v) is 2.56. The lowest BCUT2D eigenvalue weighted by Crippen LogP contribution is -1.85. The summed E-state index contributed by atoms with van der Waals surface area (Å²) in [5.74, 6) is 0. The molecule has 0 amide bonds. The molecular weight excluding hydrogens is 158 g/mol. The maximum absolute atomic E-state index is 5.52. The number of anilines is 1. The predicted octanol–water partition coefficient (Wildman–Crippen LogP) is 4.27. The average Bonchev–Trinajstić information content (AvgIpc) is 1.97. The number of rotatable bonds is 0. The van der Waals surface area contributed by atoms with Gasteiger partial charge in [0.2, 0.25) is 0 Å². The average molecular weight is 183 g/mol. The van der Waals surface area contributed by atoms with E-state index >= 15 is 0 Å². The zero-order valence-corrected chi connectivity index (χ0v) is 7.59. The van der Waals surface area contributed by atoms with Crippen LogP contribution in [0.3, 0.4) is 0 Å². The molecule has 1 heteroatoms. The molecule has 1 nitrogen and oxygen atoms in total. The van der Waals surface area contributed by atoms with Crippen LogP contribution < -0.4 is 5.73 Å². The van der Waals surface area contributed by atoms with Gasteiger partial charge in [0.05, 0.1) is 0 Å². The van der Waals surface area contributed by atoms with Crippen molar-refractivity contribution in [2.45, 2.75) is 42.0 Å². The SMILES string of the molecule is C.C.CCC.Cc1ccccc1N. The molecule has 1 rings (SSSR count). The Balaban J connectivity index is -0.000000180. The Labute approximate surface area is 84.0 Å². The highest BCUT2D eigenvalue weighted by atomic mass is 14.5. The van der Waals surface area contributed by atoms with Crippen molar-refractivity contribution in [3.8, 4) is 0 Å². The highest BCUT2D eigenvalue weighted by molar-refractivity contribution is 5.44. The molecule has 78 valence electrons. The molecule has 0 radical (unpaired) electrons. The van der Waals surface area contributed by atoms with E-state index in [0.29, 0.717) is 0 Å². The van der Waals surface area contributed by atoms with Crippen LogP contribution in [0.25, 0.3) is 0 Å². The molecule has 2 N–H and O–H groups in total. The van der Waals surface area contributed by atoms with Crippen molar-refractivity contribution in [2.75, 3.05) is 5.73 Å². The third-order valence-electron chi connectivity index (χ3n) is 1.19. The Morgan fingerprint density at radius 2 is 1.46 bits per heavy atom. The van der Waals surface area contributed by atoms with Gasteiger partial charge in [0.15, 0.2) is 0 Å². The molecule has 0 saturated heterocycles. The summed E-state index contributed by atoms with van der Waals surface area (Å²) in [5.41, 5.74) is 7.53.